The summed E-state index contributed by atoms with van der Waals surface area (Å²) < 4.78 is 33.6. The van der Waals surface area contributed by atoms with E-state index in [1.165, 1.54) is 6.08 Å². The standard InChI is InChI=1S/C14H27O6P/c1-7-12(20-21(15,16)19-10(4)5)14-13(17-9(2)3)8-11(6)18-14/h7,9-14H,1,8H2,2-6H3,(H,15,16)/t11-,12-,13?,14+/m0/s1. The molecule has 124 valence electrons. The molecule has 1 fully saturated rings. The van der Waals surface area contributed by atoms with Crippen LogP contribution in [0, 0.1) is 0 Å². The SMILES string of the molecule is C=C[C@H](OP(=O)(O)OC(C)C)[C@H]1O[C@@H](C)CC1OC(C)C. The minimum atomic E-state index is -4.16. The number of rotatable bonds is 8. The summed E-state index contributed by atoms with van der Waals surface area (Å²) in [5, 5.41) is 0. The Morgan fingerprint density at radius 2 is 1.90 bits per heavy atom. The Balaban J connectivity index is 2.77. The lowest BCUT2D eigenvalue weighted by atomic mass is 10.1. The van der Waals surface area contributed by atoms with Gasteiger partial charge in [0, 0.05) is 6.42 Å². The normalized spacial score (nSPS) is 30.6. The maximum atomic E-state index is 11.9. The molecular weight excluding hydrogens is 295 g/mol. The zero-order valence-electron chi connectivity index (χ0n) is 13.4. The molecule has 0 aromatic carbocycles. The molecule has 0 radical (unpaired) electrons. The molecule has 0 bridgehead atoms. The fraction of sp³-hybridized carbons (Fsp3) is 0.857. The van der Waals surface area contributed by atoms with Crippen LogP contribution in [0.3, 0.4) is 0 Å². The third kappa shape index (κ3) is 6.19. The van der Waals surface area contributed by atoms with Crippen molar-refractivity contribution >= 4 is 7.82 Å². The van der Waals surface area contributed by atoms with Gasteiger partial charge in [0.15, 0.2) is 0 Å². The van der Waals surface area contributed by atoms with Crippen molar-refractivity contribution in [3.8, 4) is 0 Å². The highest BCUT2D eigenvalue weighted by Gasteiger charge is 2.42. The van der Waals surface area contributed by atoms with Crippen molar-refractivity contribution in [1.29, 1.82) is 0 Å². The lowest BCUT2D eigenvalue weighted by Crippen LogP contribution is -2.37. The topological polar surface area (TPSA) is 74.2 Å². The van der Waals surface area contributed by atoms with E-state index in [0.717, 1.165) is 0 Å². The summed E-state index contributed by atoms with van der Waals surface area (Å²) in [6, 6.07) is 0. The predicted molar refractivity (Wildman–Crippen MR) is 80.1 cm³/mol. The Morgan fingerprint density at radius 3 is 2.38 bits per heavy atom. The molecule has 1 N–H and O–H groups in total. The lowest BCUT2D eigenvalue weighted by Gasteiger charge is -2.28. The predicted octanol–water partition coefficient (Wildman–Crippen LogP) is 3.05. The molecular formula is C14H27O6P. The Kier molecular flexibility index (Phi) is 7.04. The van der Waals surface area contributed by atoms with Crippen molar-refractivity contribution in [2.24, 2.45) is 0 Å². The van der Waals surface area contributed by atoms with Gasteiger partial charge < -0.3 is 14.4 Å². The largest absolute Gasteiger partial charge is 0.473 e. The first-order chi connectivity index (χ1) is 9.64. The lowest BCUT2D eigenvalue weighted by molar-refractivity contribution is -0.0812. The number of hydrogen-bond donors (Lipinski definition) is 1. The molecule has 0 saturated carbocycles. The first kappa shape index (κ1) is 18.8. The van der Waals surface area contributed by atoms with Gasteiger partial charge in [-0.1, -0.05) is 6.08 Å². The van der Waals surface area contributed by atoms with Gasteiger partial charge in [-0.05, 0) is 34.6 Å². The van der Waals surface area contributed by atoms with E-state index in [0.29, 0.717) is 6.42 Å². The number of phosphoric acid groups is 1. The third-order valence-corrected chi connectivity index (χ3v) is 4.12. The zero-order valence-corrected chi connectivity index (χ0v) is 14.3. The van der Waals surface area contributed by atoms with Crippen LogP contribution >= 0.6 is 7.82 Å². The van der Waals surface area contributed by atoms with E-state index in [4.69, 9.17) is 18.5 Å². The minimum absolute atomic E-state index is 0.00565. The van der Waals surface area contributed by atoms with Crippen LogP contribution in [0.1, 0.15) is 41.0 Å². The summed E-state index contributed by atoms with van der Waals surface area (Å²) >= 11 is 0. The van der Waals surface area contributed by atoms with Gasteiger partial charge in [0.1, 0.15) is 12.2 Å². The van der Waals surface area contributed by atoms with Crippen molar-refractivity contribution in [2.45, 2.75) is 77.7 Å². The number of hydrogen-bond acceptors (Lipinski definition) is 5. The maximum Gasteiger partial charge on any atom is 0.473 e. The van der Waals surface area contributed by atoms with Gasteiger partial charge in [-0.25, -0.2) is 4.57 Å². The smallest absolute Gasteiger partial charge is 0.373 e. The Bertz CT molecular complexity index is 384. The summed E-state index contributed by atoms with van der Waals surface area (Å²) in [4.78, 5) is 9.75. The van der Waals surface area contributed by atoms with Gasteiger partial charge in [-0.15, -0.1) is 6.58 Å². The molecule has 1 rings (SSSR count). The van der Waals surface area contributed by atoms with Crippen molar-refractivity contribution in [1.82, 2.24) is 0 Å². The molecule has 1 aliphatic heterocycles. The minimum Gasteiger partial charge on any atom is -0.373 e. The van der Waals surface area contributed by atoms with Gasteiger partial charge in [0.25, 0.3) is 0 Å². The summed E-state index contributed by atoms with van der Waals surface area (Å²) in [6.45, 7) is 12.8. The fourth-order valence-electron chi connectivity index (χ4n) is 2.33. The Labute approximate surface area is 127 Å². The average molecular weight is 322 g/mol. The Morgan fingerprint density at radius 1 is 1.29 bits per heavy atom. The van der Waals surface area contributed by atoms with Crippen molar-refractivity contribution < 1.29 is 28.0 Å². The highest BCUT2D eigenvalue weighted by molar-refractivity contribution is 7.47. The van der Waals surface area contributed by atoms with Crippen LogP contribution in [0.5, 0.6) is 0 Å². The molecule has 6 nitrogen and oxygen atoms in total. The molecule has 2 unspecified atom stereocenters. The van der Waals surface area contributed by atoms with Crippen LogP contribution in [0.25, 0.3) is 0 Å². The van der Waals surface area contributed by atoms with Gasteiger partial charge in [0.05, 0.1) is 24.4 Å². The molecule has 1 aliphatic rings. The summed E-state index contributed by atoms with van der Waals surface area (Å²) in [7, 11) is -4.16. The Hall–Kier alpha value is -0.230. The molecule has 0 spiro atoms. The molecule has 1 saturated heterocycles. The van der Waals surface area contributed by atoms with Crippen LogP contribution in [-0.2, 0) is 23.1 Å². The second-order valence-corrected chi connectivity index (χ2v) is 7.16. The van der Waals surface area contributed by atoms with E-state index in [1.54, 1.807) is 13.8 Å². The van der Waals surface area contributed by atoms with E-state index in [9.17, 15) is 9.46 Å². The fourth-order valence-corrected chi connectivity index (χ4v) is 3.42. The van der Waals surface area contributed by atoms with Crippen molar-refractivity contribution in [3.63, 3.8) is 0 Å². The molecule has 21 heavy (non-hydrogen) atoms. The molecule has 0 aromatic rings. The van der Waals surface area contributed by atoms with Gasteiger partial charge in [-0.3, -0.25) is 9.05 Å². The molecule has 5 atom stereocenters. The quantitative estimate of drug-likeness (QED) is 0.547. The molecule has 0 amide bonds. The maximum absolute atomic E-state index is 11.9. The zero-order chi connectivity index (χ0) is 16.2. The molecule has 0 aromatic heterocycles. The van der Waals surface area contributed by atoms with Crippen molar-refractivity contribution in [3.05, 3.63) is 12.7 Å². The van der Waals surface area contributed by atoms with Gasteiger partial charge in [-0.2, -0.15) is 0 Å². The molecule has 0 aliphatic carbocycles. The van der Waals surface area contributed by atoms with Gasteiger partial charge >= 0.3 is 7.82 Å². The third-order valence-electron chi connectivity index (χ3n) is 2.92. The summed E-state index contributed by atoms with van der Waals surface area (Å²) in [5.74, 6) is 0. The first-order valence-electron chi connectivity index (χ1n) is 7.27. The van der Waals surface area contributed by atoms with Crippen molar-refractivity contribution in [2.75, 3.05) is 0 Å². The first-order valence-corrected chi connectivity index (χ1v) is 8.77. The van der Waals surface area contributed by atoms with Crippen LogP contribution in [0.15, 0.2) is 12.7 Å². The van der Waals surface area contributed by atoms with Crippen LogP contribution in [0.4, 0.5) is 0 Å². The van der Waals surface area contributed by atoms with Crippen LogP contribution in [0.2, 0.25) is 0 Å². The van der Waals surface area contributed by atoms with E-state index >= 15 is 0 Å². The second-order valence-electron chi connectivity index (χ2n) is 5.80. The molecule has 1 heterocycles. The van der Waals surface area contributed by atoms with E-state index in [2.05, 4.69) is 6.58 Å². The number of phosphoric ester groups is 1. The highest BCUT2D eigenvalue weighted by Crippen LogP contribution is 2.47. The van der Waals surface area contributed by atoms with Crippen LogP contribution < -0.4 is 0 Å². The second kappa shape index (κ2) is 7.86. The highest BCUT2D eigenvalue weighted by atomic mass is 31.2. The summed E-state index contributed by atoms with van der Waals surface area (Å²) in [6.07, 6.45) is 0.311. The molecule has 7 heteroatoms. The summed E-state index contributed by atoms with van der Waals surface area (Å²) in [5.41, 5.74) is 0. The average Bonchev–Trinajstić information content (AvgIpc) is 2.64. The van der Waals surface area contributed by atoms with E-state index < -0.39 is 26.1 Å². The van der Waals surface area contributed by atoms with E-state index in [1.807, 2.05) is 20.8 Å². The monoisotopic (exact) mass is 322 g/mol. The van der Waals surface area contributed by atoms with Crippen LogP contribution in [-0.4, -0.2) is 41.5 Å². The van der Waals surface area contributed by atoms with Gasteiger partial charge in [0.2, 0.25) is 0 Å². The number of ether oxygens (including phenoxy) is 2. The van der Waals surface area contributed by atoms with E-state index in [-0.39, 0.29) is 18.3 Å².